The third-order valence-electron chi connectivity index (χ3n) is 2.75. The lowest BCUT2D eigenvalue weighted by molar-refractivity contribution is -0.123. The molecule has 0 aliphatic rings. The van der Waals surface area contributed by atoms with Crippen LogP contribution in [0.15, 0.2) is 53.6 Å². The summed E-state index contributed by atoms with van der Waals surface area (Å²) >= 11 is 5.80. The van der Waals surface area contributed by atoms with Crippen molar-refractivity contribution in [2.24, 2.45) is 5.10 Å². The zero-order valence-corrected chi connectivity index (χ0v) is 12.7. The van der Waals surface area contributed by atoms with Gasteiger partial charge in [-0.3, -0.25) is 4.79 Å². The van der Waals surface area contributed by atoms with Gasteiger partial charge < -0.3 is 9.84 Å². The standard InChI is InChI=1S/C16H13ClN2O4/c17-12-5-3-6-13(8-12)23-10-15(20)19-18-9-11-4-1-2-7-14(11)16(21)22/h1-9H,10H2,(H,19,20)(H,21,22)/b18-9+. The first-order chi connectivity index (χ1) is 11.1. The van der Waals surface area contributed by atoms with Crippen LogP contribution in [0.2, 0.25) is 5.02 Å². The normalized spacial score (nSPS) is 10.5. The summed E-state index contributed by atoms with van der Waals surface area (Å²) in [5, 5.41) is 13.3. The summed E-state index contributed by atoms with van der Waals surface area (Å²) in [6, 6.07) is 13.0. The van der Waals surface area contributed by atoms with Gasteiger partial charge >= 0.3 is 5.97 Å². The first kappa shape index (κ1) is 16.5. The zero-order valence-electron chi connectivity index (χ0n) is 11.9. The molecule has 0 heterocycles. The minimum Gasteiger partial charge on any atom is -0.484 e. The largest absolute Gasteiger partial charge is 0.484 e. The van der Waals surface area contributed by atoms with Gasteiger partial charge in [-0.2, -0.15) is 5.10 Å². The lowest BCUT2D eigenvalue weighted by Gasteiger charge is -2.05. The van der Waals surface area contributed by atoms with Crippen molar-refractivity contribution in [3.8, 4) is 5.75 Å². The number of nitrogens with zero attached hydrogens (tertiary/aromatic N) is 1. The van der Waals surface area contributed by atoms with Crippen LogP contribution in [0, 0.1) is 0 Å². The number of amides is 1. The predicted molar refractivity (Wildman–Crippen MR) is 86.1 cm³/mol. The van der Waals surface area contributed by atoms with Gasteiger partial charge in [-0.1, -0.05) is 35.9 Å². The van der Waals surface area contributed by atoms with Gasteiger partial charge in [0.25, 0.3) is 5.91 Å². The van der Waals surface area contributed by atoms with Crippen molar-refractivity contribution in [3.63, 3.8) is 0 Å². The minimum atomic E-state index is -1.07. The fourth-order valence-corrected chi connectivity index (χ4v) is 1.90. The van der Waals surface area contributed by atoms with Crippen molar-refractivity contribution in [3.05, 3.63) is 64.7 Å². The molecule has 2 aromatic carbocycles. The number of ether oxygens (including phenoxy) is 1. The zero-order chi connectivity index (χ0) is 16.7. The molecule has 0 aliphatic heterocycles. The van der Waals surface area contributed by atoms with Gasteiger partial charge in [0, 0.05) is 10.6 Å². The van der Waals surface area contributed by atoms with E-state index in [0.717, 1.165) is 0 Å². The van der Waals surface area contributed by atoms with Crippen molar-refractivity contribution in [1.82, 2.24) is 5.43 Å². The van der Waals surface area contributed by atoms with Crippen molar-refractivity contribution in [2.45, 2.75) is 0 Å². The first-order valence-corrected chi connectivity index (χ1v) is 6.96. The van der Waals surface area contributed by atoms with Crippen LogP contribution in [0.4, 0.5) is 0 Å². The van der Waals surface area contributed by atoms with E-state index in [4.69, 9.17) is 21.4 Å². The number of nitrogens with one attached hydrogen (secondary N) is 1. The highest BCUT2D eigenvalue weighted by Crippen LogP contribution is 2.16. The molecular weight excluding hydrogens is 320 g/mol. The van der Waals surface area contributed by atoms with Crippen LogP contribution in [-0.4, -0.2) is 29.8 Å². The van der Waals surface area contributed by atoms with E-state index in [2.05, 4.69) is 10.5 Å². The second-order valence-electron chi connectivity index (χ2n) is 4.43. The van der Waals surface area contributed by atoms with Gasteiger partial charge in [-0.15, -0.1) is 0 Å². The number of carboxylic acid groups (broad SMARTS) is 1. The van der Waals surface area contributed by atoms with Gasteiger partial charge in [-0.05, 0) is 24.3 Å². The van der Waals surface area contributed by atoms with Gasteiger partial charge in [0.2, 0.25) is 0 Å². The summed E-state index contributed by atoms with van der Waals surface area (Å²) in [6.07, 6.45) is 1.26. The van der Waals surface area contributed by atoms with Gasteiger partial charge in [0.1, 0.15) is 5.75 Å². The quantitative estimate of drug-likeness (QED) is 0.628. The highest BCUT2D eigenvalue weighted by atomic mass is 35.5. The molecule has 0 unspecified atom stereocenters. The third kappa shape index (κ3) is 5.12. The lowest BCUT2D eigenvalue weighted by Crippen LogP contribution is -2.24. The number of rotatable bonds is 6. The van der Waals surface area contributed by atoms with Crippen LogP contribution in [0.5, 0.6) is 5.75 Å². The summed E-state index contributed by atoms with van der Waals surface area (Å²) < 4.78 is 5.25. The van der Waals surface area contributed by atoms with Crippen LogP contribution >= 0.6 is 11.6 Å². The number of hydrazone groups is 1. The second-order valence-corrected chi connectivity index (χ2v) is 4.87. The maximum absolute atomic E-state index is 11.6. The van der Waals surface area contributed by atoms with Crippen LogP contribution in [0.3, 0.4) is 0 Å². The van der Waals surface area contributed by atoms with Crippen molar-refractivity contribution in [2.75, 3.05) is 6.61 Å². The second kappa shape index (κ2) is 7.95. The summed E-state index contributed by atoms with van der Waals surface area (Å²) in [5.74, 6) is -1.08. The van der Waals surface area contributed by atoms with E-state index in [1.165, 1.54) is 12.3 Å². The number of carboxylic acids is 1. The molecular formula is C16H13ClN2O4. The molecule has 0 aliphatic carbocycles. The minimum absolute atomic E-state index is 0.0978. The van der Waals surface area contributed by atoms with Gasteiger partial charge in [0.05, 0.1) is 11.8 Å². The van der Waals surface area contributed by atoms with Crippen molar-refractivity contribution in [1.29, 1.82) is 0 Å². The third-order valence-corrected chi connectivity index (χ3v) is 2.99. The van der Waals surface area contributed by atoms with Gasteiger partial charge in [-0.25, -0.2) is 10.2 Å². The number of carbonyl (C=O) groups is 2. The summed E-state index contributed by atoms with van der Waals surface area (Å²) in [7, 11) is 0. The Morgan fingerprint density at radius 1 is 1.22 bits per heavy atom. The molecule has 0 saturated heterocycles. The number of benzene rings is 2. The molecule has 1 amide bonds. The van der Waals surface area contributed by atoms with Crippen LogP contribution in [-0.2, 0) is 4.79 Å². The molecule has 0 saturated carbocycles. The molecule has 23 heavy (non-hydrogen) atoms. The Hall–Kier alpha value is -2.86. The van der Waals surface area contributed by atoms with E-state index < -0.39 is 11.9 Å². The van der Waals surface area contributed by atoms with Crippen molar-refractivity contribution >= 4 is 29.7 Å². The molecule has 118 valence electrons. The number of hydrogen-bond acceptors (Lipinski definition) is 4. The van der Waals surface area contributed by atoms with Crippen LogP contribution < -0.4 is 10.2 Å². The Balaban J connectivity index is 1.88. The molecule has 0 atom stereocenters. The Labute approximate surface area is 137 Å². The van der Waals surface area contributed by atoms with Crippen LogP contribution in [0.25, 0.3) is 0 Å². The lowest BCUT2D eigenvalue weighted by atomic mass is 10.1. The molecule has 2 rings (SSSR count). The highest BCUT2D eigenvalue weighted by molar-refractivity contribution is 6.30. The number of carbonyl (C=O) groups excluding carboxylic acids is 1. The Bertz CT molecular complexity index is 746. The number of hydrogen-bond donors (Lipinski definition) is 2. The molecule has 0 spiro atoms. The van der Waals surface area contributed by atoms with Gasteiger partial charge in [0.15, 0.2) is 6.61 Å². The molecule has 0 aromatic heterocycles. The predicted octanol–water partition coefficient (Wildman–Crippen LogP) is 2.57. The SMILES string of the molecule is O=C(COc1cccc(Cl)c1)N/N=C/c1ccccc1C(=O)O. The topological polar surface area (TPSA) is 88.0 Å². The van der Waals surface area contributed by atoms with E-state index >= 15 is 0 Å². The van der Waals surface area contributed by atoms with E-state index in [1.807, 2.05) is 0 Å². The van der Waals surface area contributed by atoms with E-state index in [0.29, 0.717) is 16.3 Å². The molecule has 0 bridgehead atoms. The van der Waals surface area contributed by atoms with Crippen LogP contribution in [0.1, 0.15) is 15.9 Å². The Morgan fingerprint density at radius 3 is 2.74 bits per heavy atom. The number of halogens is 1. The molecule has 0 fully saturated rings. The molecule has 2 N–H and O–H groups in total. The van der Waals surface area contributed by atoms with E-state index in [9.17, 15) is 9.59 Å². The average molecular weight is 333 g/mol. The molecule has 2 aromatic rings. The average Bonchev–Trinajstić information content (AvgIpc) is 2.53. The maximum Gasteiger partial charge on any atom is 0.336 e. The Kier molecular flexibility index (Phi) is 5.71. The first-order valence-electron chi connectivity index (χ1n) is 6.59. The molecule has 7 heteroatoms. The van der Waals surface area contributed by atoms with Crippen molar-refractivity contribution < 1.29 is 19.4 Å². The van der Waals surface area contributed by atoms with E-state index in [-0.39, 0.29) is 12.2 Å². The summed E-state index contributed by atoms with van der Waals surface area (Å²) in [4.78, 5) is 22.6. The summed E-state index contributed by atoms with van der Waals surface area (Å²) in [6.45, 7) is -0.238. The number of aromatic carboxylic acids is 1. The smallest absolute Gasteiger partial charge is 0.336 e. The molecule has 6 nitrogen and oxygen atoms in total. The molecule has 0 radical (unpaired) electrons. The Morgan fingerprint density at radius 2 is 2.00 bits per heavy atom. The monoisotopic (exact) mass is 332 g/mol. The van der Waals surface area contributed by atoms with E-state index in [1.54, 1.807) is 42.5 Å². The fraction of sp³-hybridized carbons (Fsp3) is 0.0625. The highest BCUT2D eigenvalue weighted by Gasteiger charge is 2.07. The summed E-state index contributed by atoms with van der Waals surface area (Å²) in [5.41, 5.74) is 2.74. The fourth-order valence-electron chi connectivity index (χ4n) is 1.72. The maximum atomic E-state index is 11.6.